The number of hydrogen-bond donors (Lipinski definition) is 0. The Labute approximate surface area is 207 Å². The Hall–Kier alpha value is -2.89. The van der Waals surface area contributed by atoms with Crippen molar-refractivity contribution in [2.45, 2.75) is 17.3 Å². The fraction of sp³-hybridized carbons (Fsp3) is 0.0870. The Balaban J connectivity index is 1.66. The van der Waals surface area contributed by atoms with Gasteiger partial charge in [0.1, 0.15) is 28.6 Å². The number of aromatic nitrogens is 2. The molecule has 3 aromatic rings. The van der Waals surface area contributed by atoms with Crippen LogP contribution in [0, 0.1) is 11.3 Å². The van der Waals surface area contributed by atoms with Crippen LogP contribution in [0.5, 0.6) is 0 Å². The molecule has 1 aromatic heterocycles. The second-order valence-electron chi connectivity index (χ2n) is 7.24. The Morgan fingerprint density at radius 3 is 2.52 bits per heavy atom. The zero-order valence-corrected chi connectivity index (χ0v) is 20.0. The largest absolute Gasteiger partial charge is 0.278 e. The van der Waals surface area contributed by atoms with Crippen LogP contribution in [0.4, 0.5) is 0 Å². The molecular formula is C23H12Cl3N5OS. The third-order valence-electron chi connectivity index (χ3n) is 5.06. The smallest absolute Gasteiger partial charge is 0.267 e. The minimum Gasteiger partial charge on any atom is -0.267 e. The first kappa shape index (κ1) is 21.9. The van der Waals surface area contributed by atoms with E-state index in [1.54, 1.807) is 37.3 Å². The number of halogens is 3. The highest BCUT2D eigenvalue weighted by molar-refractivity contribution is 8.01. The van der Waals surface area contributed by atoms with Gasteiger partial charge in [-0.3, -0.25) is 4.79 Å². The van der Waals surface area contributed by atoms with Crippen molar-refractivity contribution in [3.05, 3.63) is 84.7 Å². The van der Waals surface area contributed by atoms with Gasteiger partial charge in [-0.05, 0) is 48.9 Å². The molecule has 0 aliphatic carbocycles. The van der Waals surface area contributed by atoms with Crippen LogP contribution in [0.25, 0.3) is 17.3 Å². The molecule has 0 bridgehead atoms. The Bertz CT molecular complexity index is 1520. The van der Waals surface area contributed by atoms with Crippen LogP contribution in [0.1, 0.15) is 18.1 Å². The molecule has 0 saturated carbocycles. The first-order valence-electron chi connectivity index (χ1n) is 9.66. The van der Waals surface area contributed by atoms with Crippen molar-refractivity contribution >= 4 is 64.3 Å². The van der Waals surface area contributed by atoms with Gasteiger partial charge in [0.05, 0.1) is 16.4 Å². The summed E-state index contributed by atoms with van der Waals surface area (Å²) in [5.74, 6) is 0.982. The molecule has 2 aliphatic rings. The first-order chi connectivity index (χ1) is 15.9. The molecule has 0 radical (unpaired) electrons. The lowest BCUT2D eigenvalue weighted by Crippen LogP contribution is -2.34. The van der Waals surface area contributed by atoms with Crippen LogP contribution in [-0.4, -0.2) is 26.5 Å². The van der Waals surface area contributed by atoms with Crippen molar-refractivity contribution in [2.24, 2.45) is 9.98 Å². The van der Waals surface area contributed by atoms with E-state index in [4.69, 9.17) is 34.8 Å². The Morgan fingerprint density at radius 1 is 1.09 bits per heavy atom. The van der Waals surface area contributed by atoms with Crippen LogP contribution in [-0.2, 0) is 0 Å². The molecule has 0 N–H and O–H groups in total. The summed E-state index contributed by atoms with van der Waals surface area (Å²) in [6.45, 7) is 1.76. The highest BCUT2D eigenvalue weighted by Gasteiger charge is 2.38. The number of hydrogen-bond acceptors (Lipinski definition) is 6. The number of thioether (sulfide) groups is 1. The van der Waals surface area contributed by atoms with E-state index >= 15 is 0 Å². The van der Waals surface area contributed by atoms with Gasteiger partial charge in [-0.1, -0.05) is 58.7 Å². The van der Waals surface area contributed by atoms with Crippen molar-refractivity contribution in [3.63, 3.8) is 0 Å². The van der Waals surface area contributed by atoms with Crippen molar-refractivity contribution in [3.8, 4) is 17.3 Å². The topological polar surface area (TPSA) is 83.4 Å². The van der Waals surface area contributed by atoms with E-state index in [9.17, 15) is 10.1 Å². The summed E-state index contributed by atoms with van der Waals surface area (Å²) in [5.41, 5.74) is 1.69. The van der Waals surface area contributed by atoms with Crippen molar-refractivity contribution < 1.29 is 0 Å². The number of nitriles is 1. The van der Waals surface area contributed by atoms with Gasteiger partial charge in [0.25, 0.3) is 5.56 Å². The van der Waals surface area contributed by atoms with Gasteiger partial charge in [0.15, 0.2) is 5.16 Å². The molecule has 0 spiro atoms. The molecule has 2 aliphatic heterocycles. The van der Waals surface area contributed by atoms with Gasteiger partial charge in [0.2, 0.25) is 0 Å². The lowest BCUT2D eigenvalue weighted by Gasteiger charge is -2.16. The molecular weight excluding hydrogens is 501 g/mol. The molecule has 5 rings (SSSR count). The van der Waals surface area contributed by atoms with E-state index < -0.39 is 5.56 Å². The minimum atomic E-state index is -0.502. The molecule has 3 heterocycles. The highest BCUT2D eigenvalue weighted by Crippen LogP contribution is 2.39. The van der Waals surface area contributed by atoms with Gasteiger partial charge in [-0.2, -0.15) is 5.26 Å². The van der Waals surface area contributed by atoms with Crippen LogP contribution in [0.2, 0.25) is 15.1 Å². The first-order valence-corrected chi connectivity index (χ1v) is 11.7. The summed E-state index contributed by atoms with van der Waals surface area (Å²) >= 11 is 19.7. The molecule has 162 valence electrons. The van der Waals surface area contributed by atoms with Crippen molar-refractivity contribution in [1.29, 1.82) is 5.26 Å². The molecule has 33 heavy (non-hydrogen) atoms. The second kappa shape index (κ2) is 8.47. The third-order valence-corrected chi connectivity index (χ3v) is 7.03. The fourth-order valence-corrected chi connectivity index (χ4v) is 5.38. The van der Waals surface area contributed by atoms with Crippen molar-refractivity contribution in [2.75, 3.05) is 0 Å². The zero-order chi connectivity index (χ0) is 23.3. The number of nitrogens with zero attached hydrogens (tertiary/aromatic N) is 5. The normalized spacial score (nSPS) is 17.8. The lowest BCUT2D eigenvalue weighted by molar-refractivity contribution is 0.843. The average Bonchev–Trinajstić information content (AvgIpc) is 3.14. The average molecular weight is 513 g/mol. The summed E-state index contributed by atoms with van der Waals surface area (Å²) in [7, 11) is 0. The maximum absolute atomic E-state index is 13.4. The molecule has 1 unspecified atom stereocenters. The second-order valence-corrected chi connectivity index (χ2v) is 9.59. The molecule has 10 heteroatoms. The molecule has 6 nitrogen and oxygen atoms in total. The van der Waals surface area contributed by atoms with E-state index in [0.717, 1.165) is 11.3 Å². The van der Waals surface area contributed by atoms with Gasteiger partial charge in [-0.25, -0.2) is 19.5 Å². The fourth-order valence-electron chi connectivity index (χ4n) is 3.61. The molecule has 1 atom stereocenters. The van der Waals surface area contributed by atoms with Crippen LogP contribution in [0.15, 0.2) is 68.1 Å². The summed E-state index contributed by atoms with van der Waals surface area (Å²) < 4.78 is 1.38. The predicted octanol–water partition coefficient (Wildman–Crippen LogP) is 5.94. The lowest BCUT2D eigenvalue weighted by atomic mass is 10.1. The van der Waals surface area contributed by atoms with Crippen LogP contribution in [0.3, 0.4) is 0 Å². The van der Waals surface area contributed by atoms with E-state index in [1.165, 1.54) is 16.3 Å². The predicted molar refractivity (Wildman–Crippen MR) is 134 cm³/mol. The van der Waals surface area contributed by atoms with Crippen LogP contribution < -0.4 is 5.56 Å². The highest BCUT2D eigenvalue weighted by atomic mass is 35.5. The molecule has 0 amide bonds. The maximum Gasteiger partial charge on any atom is 0.278 e. The van der Waals surface area contributed by atoms with Gasteiger partial charge >= 0.3 is 0 Å². The summed E-state index contributed by atoms with van der Waals surface area (Å²) in [5, 5.41) is 11.2. The zero-order valence-electron chi connectivity index (χ0n) is 16.9. The summed E-state index contributed by atoms with van der Waals surface area (Å²) in [6, 6.07) is 14.2. The number of benzene rings is 2. The number of aliphatic imine (C=N–C) groups is 2. The van der Waals surface area contributed by atoms with E-state index in [-0.39, 0.29) is 16.5 Å². The quantitative estimate of drug-likeness (QED) is 0.398. The molecule has 2 aromatic carbocycles. The van der Waals surface area contributed by atoms with Crippen LogP contribution >= 0.6 is 46.6 Å². The monoisotopic (exact) mass is 511 g/mol. The van der Waals surface area contributed by atoms with Gasteiger partial charge in [-0.15, -0.1) is 0 Å². The third kappa shape index (κ3) is 3.90. The number of fused-ring (bicyclic) bond motifs is 3. The molecule has 0 saturated heterocycles. The number of amidine groups is 1. The van der Waals surface area contributed by atoms with E-state index in [2.05, 4.69) is 15.0 Å². The van der Waals surface area contributed by atoms with E-state index in [0.29, 0.717) is 37.5 Å². The number of rotatable bonds is 2. The Morgan fingerprint density at radius 2 is 1.82 bits per heavy atom. The van der Waals surface area contributed by atoms with E-state index in [1.807, 2.05) is 24.3 Å². The Kier molecular flexibility index (Phi) is 5.63. The minimum absolute atomic E-state index is 0.115. The SMILES string of the molecule is CC1=N/C(=C/c2ccc(Cl)cc2)C2Sc3nc(-c4ccc(Cl)cc4Cl)c(C#N)c(=O)n3C2=N1. The maximum atomic E-state index is 13.4. The molecule has 0 fully saturated rings. The summed E-state index contributed by atoms with van der Waals surface area (Å²) in [4.78, 5) is 27.1. The standard InChI is InChI=1S/C23H12Cl3N5OS/c1-11-28-18(8-12-2-4-13(24)5-3-12)20-21(29-11)31-22(32)16(10-27)19(30-23(31)33-20)15-7-6-14(25)9-17(15)26/h2-9,20H,1H3/b18-8+. The van der Waals surface area contributed by atoms with Crippen molar-refractivity contribution in [1.82, 2.24) is 9.55 Å². The summed E-state index contributed by atoms with van der Waals surface area (Å²) in [6.07, 6.45) is 1.92. The van der Waals surface area contributed by atoms with Gasteiger partial charge < -0.3 is 0 Å². The van der Waals surface area contributed by atoms with Gasteiger partial charge in [0, 0.05) is 15.6 Å².